The smallest absolute Gasteiger partial charge is 0.187 e. The molecule has 1 aromatic heterocycles. The lowest BCUT2D eigenvalue weighted by Gasteiger charge is -2.04. The van der Waals surface area contributed by atoms with E-state index in [0.29, 0.717) is 0 Å². The first-order chi connectivity index (χ1) is 7.58. The van der Waals surface area contributed by atoms with Crippen molar-refractivity contribution in [3.05, 3.63) is 41.7 Å². The van der Waals surface area contributed by atoms with Gasteiger partial charge in [-0.25, -0.2) is 8.42 Å². The summed E-state index contributed by atoms with van der Waals surface area (Å²) >= 11 is 0. The highest BCUT2D eigenvalue weighted by molar-refractivity contribution is 7.90. The van der Waals surface area contributed by atoms with Gasteiger partial charge < -0.3 is 15.2 Å². The molecule has 0 aliphatic heterocycles. The summed E-state index contributed by atoms with van der Waals surface area (Å²) in [5.74, 6) is -0.0982. The lowest BCUT2D eigenvalue weighted by atomic mass is 10.2. The zero-order valence-corrected chi connectivity index (χ0v) is 9.48. The Hall–Kier alpha value is -1.69. The average Bonchev–Trinajstić information content (AvgIpc) is 2.75. The van der Waals surface area contributed by atoms with Crippen molar-refractivity contribution in [1.82, 2.24) is 15.2 Å². The molecule has 1 aromatic carbocycles. The van der Waals surface area contributed by atoms with Crippen molar-refractivity contribution in [2.45, 2.75) is 17.8 Å². The van der Waals surface area contributed by atoms with Crippen LogP contribution in [0.25, 0.3) is 0 Å². The van der Waals surface area contributed by atoms with Crippen molar-refractivity contribution in [3.8, 4) is 0 Å². The van der Waals surface area contributed by atoms with Crippen LogP contribution in [0.15, 0.2) is 35.7 Å². The third kappa shape index (κ3) is 2.27. The molecule has 6 heteroatoms. The Kier molecular flexibility index (Phi) is 2.74. The van der Waals surface area contributed by atoms with Crippen LogP contribution in [0.4, 0.5) is 0 Å². The second-order valence-corrected chi connectivity index (χ2v) is 5.37. The van der Waals surface area contributed by atoms with Crippen molar-refractivity contribution in [2.75, 3.05) is 0 Å². The Morgan fingerprint density at radius 1 is 1.25 bits per heavy atom. The minimum atomic E-state index is -3.47. The lowest BCUT2D eigenvalue weighted by Crippen LogP contribution is -2.07. The van der Waals surface area contributed by atoms with Gasteiger partial charge in [0.2, 0.25) is 0 Å². The summed E-state index contributed by atoms with van der Waals surface area (Å²) in [4.78, 5) is 3.59. The quantitative estimate of drug-likeness (QED) is 0.784. The van der Waals surface area contributed by atoms with Crippen LogP contribution in [0.2, 0.25) is 0 Å². The highest BCUT2D eigenvalue weighted by atomic mass is 32.2. The van der Waals surface area contributed by atoms with E-state index in [-0.39, 0.29) is 10.9 Å². The number of aryl methyl sites for hydroxylation is 1. The first-order valence-electron chi connectivity index (χ1n) is 4.66. The van der Waals surface area contributed by atoms with Crippen LogP contribution in [0, 0.1) is 6.92 Å². The van der Waals surface area contributed by atoms with Gasteiger partial charge in [-0.3, -0.25) is 0 Å². The van der Waals surface area contributed by atoms with Crippen LogP contribution >= 0.6 is 0 Å². The number of rotatable bonds is 3. The Morgan fingerprint density at radius 3 is 2.50 bits per heavy atom. The molecule has 0 saturated heterocycles. The van der Waals surface area contributed by atoms with Gasteiger partial charge in [0.25, 0.3) is 0 Å². The Balaban J connectivity index is 2.25. The molecule has 0 atom stereocenters. The van der Waals surface area contributed by atoms with Gasteiger partial charge in [0.1, 0.15) is 5.16 Å². The monoisotopic (exact) mass is 236 g/mol. The molecule has 0 amide bonds. The zero-order valence-electron chi connectivity index (χ0n) is 8.66. The van der Waals surface area contributed by atoms with Crippen molar-refractivity contribution in [1.29, 1.82) is 0 Å². The zero-order chi connectivity index (χ0) is 11.6. The minimum absolute atomic E-state index is 0.0982. The van der Waals surface area contributed by atoms with E-state index in [2.05, 4.69) is 15.2 Å². The summed E-state index contributed by atoms with van der Waals surface area (Å²) in [7, 11) is -3.47. The fraction of sp³-hybridized carbons (Fsp3) is 0.200. The molecule has 16 heavy (non-hydrogen) atoms. The van der Waals surface area contributed by atoms with Gasteiger partial charge in [-0.15, -0.1) is 0 Å². The molecule has 1 heterocycles. The average molecular weight is 236 g/mol. The van der Waals surface area contributed by atoms with E-state index in [4.69, 9.17) is 0 Å². The summed E-state index contributed by atoms with van der Waals surface area (Å²) < 4.78 is 23.6. The third-order valence-electron chi connectivity index (χ3n) is 2.12. The predicted octanol–water partition coefficient (Wildman–Crippen LogP) is 0.716. The number of nitrogens with zero attached hydrogens (tertiary/aromatic N) is 3. The van der Waals surface area contributed by atoms with E-state index in [0.717, 1.165) is 17.5 Å². The van der Waals surface area contributed by atoms with Crippen LogP contribution < -0.4 is 4.98 Å². The SMILES string of the molecule is Cc1ccc(CS(=O)(=O)c2nnc[n-]2)cc1. The van der Waals surface area contributed by atoms with E-state index in [9.17, 15) is 8.42 Å². The molecule has 2 aromatic rings. The largest absolute Gasteiger partial charge is 0.356 e. The number of hydrogen-bond donors (Lipinski definition) is 0. The molecule has 5 nitrogen and oxygen atoms in total. The minimum Gasteiger partial charge on any atom is -0.356 e. The maximum atomic E-state index is 11.8. The number of aromatic nitrogens is 3. The molecular weight excluding hydrogens is 226 g/mol. The van der Waals surface area contributed by atoms with E-state index < -0.39 is 9.84 Å². The van der Waals surface area contributed by atoms with Crippen LogP contribution in [-0.2, 0) is 15.6 Å². The topological polar surface area (TPSA) is 74.0 Å². The molecule has 0 saturated carbocycles. The van der Waals surface area contributed by atoms with Crippen LogP contribution in [0.3, 0.4) is 0 Å². The van der Waals surface area contributed by atoms with Gasteiger partial charge in [-0.1, -0.05) is 29.8 Å². The molecular formula is C10H10N3O2S-. The van der Waals surface area contributed by atoms with Crippen molar-refractivity contribution < 1.29 is 8.42 Å². The second kappa shape index (κ2) is 4.05. The molecule has 0 aliphatic carbocycles. The van der Waals surface area contributed by atoms with Gasteiger partial charge >= 0.3 is 0 Å². The molecule has 0 N–H and O–H groups in total. The third-order valence-corrected chi connectivity index (χ3v) is 3.58. The highest BCUT2D eigenvalue weighted by Gasteiger charge is 2.13. The van der Waals surface area contributed by atoms with Crippen LogP contribution in [0.1, 0.15) is 11.1 Å². The van der Waals surface area contributed by atoms with Gasteiger partial charge in [-0.05, 0) is 18.8 Å². The molecule has 0 aliphatic rings. The Bertz CT molecular complexity index is 559. The molecule has 0 fully saturated rings. The summed E-state index contributed by atoms with van der Waals surface area (Å²) in [5, 5.41) is 6.64. The number of hydrogen-bond acceptors (Lipinski definition) is 4. The fourth-order valence-electron chi connectivity index (χ4n) is 1.29. The molecule has 0 bridgehead atoms. The van der Waals surface area contributed by atoms with E-state index >= 15 is 0 Å². The van der Waals surface area contributed by atoms with Crippen LogP contribution in [-0.4, -0.2) is 18.6 Å². The van der Waals surface area contributed by atoms with E-state index in [1.54, 1.807) is 12.1 Å². The van der Waals surface area contributed by atoms with E-state index in [1.165, 1.54) is 0 Å². The Labute approximate surface area is 93.5 Å². The van der Waals surface area contributed by atoms with Gasteiger partial charge in [0.05, 0.1) is 5.75 Å². The van der Waals surface area contributed by atoms with Crippen molar-refractivity contribution in [3.63, 3.8) is 0 Å². The lowest BCUT2D eigenvalue weighted by molar-refractivity contribution is 0.586. The summed E-state index contributed by atoms with van der Waals surface area (Å²) in [6.07, 6.45) is 1.13. The molecule has 0 spiro atoms. The maximum Gasteiger partial charge on any atom is 0.187 e. The Morgan fingerprint density at radius 2 is 1.94 bits per heavy atom. The normalized spacial score (nSPS) is 11.6. The predicted molar refractivity (Wildman–Crippen MR) is 57.4 cm³/mol. The number of benzene rings is 1. The van der Waals surface area contributed by atoms with Crippen molar-refractivity contribution >= 4 is 9.84 Å². The fourth-order valence-corrected chi connectivity index (χ4v) is 2.43. The molecule has 84 valence electrons. The highest BCUT2D eigenvalue weighted by Crippen LogP contribution is 2.12. The summed E-state index contributed by atoms with van der Waals surface area (Å²) in [6, 6.07) is 7.30. The number of sulfone groups is 1. The van der Waals surface area contributed by atoms with Gasteiger partial charge in [0, 0.05) is 0 Å². The molecule has 0 radical (unpaired) electrons. The molecule has 2 rings (SSSR count). The first-order valence-corrected chi connectivity index (χ1v) is 6.32. The molecule has 0 unspecified atom stereocenters. The second-order valence-electron chi connectivity index (χ2n) is 3.49. The van der Waals surface area contributed by atoms with Gasteiger partial charge in [0.15, 0.2) is 9.84 Å². The maximum absolute atomic E-state index is 11.8. The standard InChI is InChI=1S/C10H10N3O2S/c1-8-2-4-9(5-3-8)6-16(14,15)10-11-7-12-13-10/h2-5,7H,6H2,1H3/q-1. The summed E-state index contributed by atoms with van der Waals surface area (Å²) in [5.41, 5.74) is 1.81. The van der Waals surface area contributed by atoms with Gasteiger partial charge in [-0.2, -0.15) is 0 Å². The van der Waals surface area contributed by atoms with Crippen LogP contribution in [0.5, 0.6) is 0 Å². The summed E-state index contributed by atoms with van der Waals surface area (Å²) in [6.45, 7) is 1.95. The first kappa shape index (κ1) is 10.8. The van der Waals surface area contributed by atoms with E-state index in [1.807, 2.05) is 19.1 Å². The van der Waals surface area contributed by atoms with Crippen molar-refractivity contribution in [2.24, 2.45) is 0 Å².